The number of hydrogen-bond donors (Lipinski definition) is 0. The van der Waals surface area contributed by atoms with Crippen molar-refractivity contribution < 1.29 is 4.42 Å². The molecular formula is C54H33NOS2. The first kappa shape index (κ1) is 33.2. The van der Waals surface area contributed by atoms with E-state index in [1.54, 1.807) is 0 Å². The third-order valence-corrected chi connectivity index (χ3v) is 13.7. The van der Waals surface area contributed by atoms with Crippen LogP contribution in [0.3, 0.4) is 0 Å². The van der Waals surface area contributed by atoms with Gasteiger partial charge in [0, 0.05) is 57.0 Å². The molecule has 0 amide bonds. The average molecular weight is 776 g/mol. The summed E-state index contributed by atoms with van der Waals surface area (Å²) in [4.78, 5) is 2.51. The van der Waals surface area contributed by atoms with E-state index in [9.17, 15) is 0 Å². The van der Waals surface area contributed by atoms with Gasteiger partial charge < -0.3 is 9.32 Å². The molecule has 3 aromatic heterocycles. The van der Waals surface area contributed by atoms with Gasteiger partial charge in [-0.25, -0.2) is 0 Å². The van der Waals surface area contributed by atoms with Crippen LogP contribution in [0, 0.1) is 0 Å². The number of nitrogens with zero attached hydrogens (tertiary/aromatic N) is 1. The molecule has 3 heterocycles. The first-order valence-corrected chi connectivity index (χ1v) is 21.2. The SMILES string of the molecule is c1ccc(-c2ccc3c(c2)sc2cc(-c4ccccc4)cc(N(c4ccc5c(c4)sc4ccccc45)c4ccc(-c5ccccc5)c5oc6ccccc6c45)c23)cc1. The molecule has 0 aliphatic carbocycles. The van der Waals surface area contributed by atoms with Crippen LogP contribution in [0.5, 0.6) is 0 Å². The number of furan rings is 1. The summed E-state index contributed by atoms with van der Waals surface area (Å²) in [7, 11) is 0. The molecule has 0 fully saturated rings. The number of rotatable bonds is 6. The van der Waals surface area contributed by atoms with Crippen molar-refractivity contribution in [2.45, 2.75) is 0 Å². The molecular weight excluding hydrogens is 743 g/mol. The Morgan fingerprint density at radius 1 is 0.345 bits per heavy atom. The highest BCUT2D eigenvalue weighted by atomic mass is 32.1. The normalized spacial score (nSPS) is 11.8. The number of benzene rings is 9. The van der Waals surface area contributed by atoms with Crippen molar-refractivity contribution in [3.63, 3.8) is 0 Å². The Balaban J connectivity index is 1.21. The first-order chi connectivity index (χ1) is 28.7. The maximum atomic E-state index is 6.88. The van der Waals surface area contributed by atoms with E-state index in [2.05, 4.69) is 205 Å². The Morgan fingerprint density at radius 3 is 1.74 bits per heavy atom. The fourth-order valence-electron chi connectivity index (χ4n) is 8.77. The van der Waals surface area contributed by atoms with Crippen LogP contribution in [0.2, 0.25) is 0 Å². The second kappa shape index (κ2) is 13.3. The predicted molar refractivity (Wildman–Crippen MR) is 250 cm³/mol. The highest BCUT2D eigenvalue weighted by Gasteiger charge is 2.26. The predicted octanol–water partition coefficient (Wildman–Crippen LogP) is 16.8. The Hall–Kier alpha value is -6.98. The molecule has 9 aromatic carbocycles. The summed E-state index contributed by atoms with van der Waals surface area (Å²) in [5.74, 6) is 0. The molecule has 0 saturated carbocycles. The molecule has 58 heavy (non-hydrogen) atoms. The molecule has 0 aliphatic heterocycles. The lowest BCUT2D eigenvalue weighted by atomic mass is 9.97. The van der Waals surface area contributed by atoms with Gasteiger partial charge in [0.2, 0.25) is 0 Å². The van der Waals surface area contributed by atoms with Crippen LogP contribution in [0.15, 0.2) is 205 Å². The van der Waals surface area contributed by atoms with Crippen LogP contribution < -0.4 is 4.90 Å². The zero-order valence-electron chi connectivity index (χ0n) is 31.2. The van der Waals surface area contributed by atoms with Gasteiger partial charge in [-0.1, -0.05) is 146 Å². The molecule has 0 spiro atoms. The minimum absolute atomic E-state index is 0.875. The van der Waals surface area contributed by atoms with E-state index in [1.807, 2.05) is 22.7 Å². The largest absolute Gasteiger partial charge is 0.455 e. The minimum Gasteiger partial charge on any atom is -0.455 e. The molecule has 0 saturated heterocycles. The van der Waals surface area contributed by atoms with E-state index in [1.165, 1.54) is 62.6 Å². The first-order valence-electron chi connectivity index (χ1n) is 19.6. The number of fused-ring (bicyclic) bond motifs is 9. The number of hydrogen-bond acceptors (Lipinski definition) is 4. The highest BCUT2D eigenvalue weighted by Crippen LogP contribution is 2.52. The van der Waals surface area contributed by atoms with E-state index in [0.717, 1.165) is 50.1 Å². The summed E-state index contributed by atoms with van der Waals surface area (Å²) in [6.07, 6.45) is 0. The van der Waals surface area contributed by atoms with Gasteiger partial charge in [-0.2, -0.15) is 0 Å². The molecule has 2 nitrogen and oxygen atoms in total. The maximum absolute atomic E-state index is 6.88. The summed E-state index contributed by atoms with van der Waals surface area (Å²) in [5, 5.41) is 7.25. The van der Waals surface area contributed by atoms with Gasteiger partial charge in [-0.3, -0.25) is 0 Å². The Bertz CT molecular complexity index is 3510. The standard InChI is InChI=1S/C54H33NOS2/c1-4-14-34(15-5-1)37-24-26-44-49(31-37)58-51-32-38(35-16-6-2-7-17-35)30-46(52(44)51)55(39-25-27-42-41-20-11-13-23-48(41)57-50(42)33-39)45-29-28-40(36-18-8-3-9-19-36)54-53(45)43-21-10-12-22-47(43)56-54/h1-33H. The zero-order valence-corrected chi connectivity index (χ0v) is 32.9. The van der Waals surface area contributed by atoms with Gasteiger partial charge >= 0.3 is 0 Å². The Labute approximate surface area is 343 Å². The lowest BCUT2D eigenvalue weighted by Gasteiger charge is -2.28. The van der Waals surface area contributed by atoms with Crippen molar-refractivity contribution >= 4 is 102 Å². The Morgan fingerprint density at radius 2 is 0.948 bits per heavy atom. The van der Waals surface area contributed by atoms with Crippen LogP contribution in [-0.2, 0) is 0 Å². The fraction of sp³-hybridized carbons (Fsp3) is 0. The van der Waals surface area contributed by atoms with Crippen molar-refractivity contribution in [1.82, 2.24) is 0 Å². The summed E-state index contributed by atoms with van der Waals surface area (Å²) in [6, 6.07) is 72.7. The second-order valence-corrected chi connectivity index (χ2v) is 17.0. The Kier molecular flexibility index (Phi) is 7.62. The molecule has 0 atom stereocenters. The topological polar surface area (TPSA) is 16.4 Å². The van der Waals surface area contributed by atoms with Crippen molar-refractivity contribution in [3.05, 3.63) is 200 Å². The fourth-order valence-corrected chi connectivity index (χ4v) is 11.1. The minimum atomic E-state index is 0.875. The van der Waals surface area contributed by atoms with Gasteiger partial charge in [-0.15, -0.1) is 22.7 Å². The van der Waals surface area contributed by atoms with Crippen molar-refractivity contribution in [3.8, 4) is 33.4 Å². The molecule has 0 aliphatic rings. The van der Waals surface area contributed by atoms with Crippen molar-refractivity contribution in [1.29, 1.82) is 0 Å². The van der Waals surface area contributed by atoms with E-state index < -0.39 is 0 Å². The molecule has 272 valence electrons. The summed E-state index contributed by atoms with van der Waals surface area (Å²) in [6.45, 7) is 0. The van der Waals surface area contributed by atoms with Crippen LogP contribution in [0.25, 0.3) is 95.7 Å². The summed E-state index contributed by atoms with van der Waals surface area (Å²) >= 11 is 3.73. The monoisotopic (exact) mass is 775 g/mol. The van der Waals surface area contributed by atoms with Crippen molar-refractivity contribution in [2.75, 3.05) is 4.90 Å². The molecule has 4 heteroatoms. The van der Waals surface area contributed by atoms with E-state index >= 15 is 0 Å². The van der Waals surface area contributed by atoms with Gasteiger partial charge in [0.25, 0.3) is 0 Å². The van der Waals surface area contributed by atoms with Crippen LogP contribution in [0.1, 0.15) is 0 Å². The molecule has 12 rings (SSSR count). The van der Waals surface area contributed by atoms with E-state index in [4.69, 9.17) is 4.42 Å². The van der Waals surface area contributed by atoms with Gasteiger partial charge in [0.1, 0.15) is 11.2 Å². The number of thiophene rings is 2. The van der Waals surface area contributed by atoms with Crippen LogP contribution in [0.4, 0.5) is 17.1 Å². The molecule has 12 aromatic rings. The quantitative estimate of drug-likeness (QED) is 0.167. The second-order valence-electron chi connectivity index (χ2n) is 14.8. The average Bonchev–Trinajstić information content (AvgIpc) is 3.98. The van der Waals surface area contributed by atoms with E-state index in [0.29, 0.717) is 0 Å². The third-order valence-electron chi connectivity index (χ3n) is 11.5. The number of anilines is 3. The van der Waals surface area contributed by atoms with Crippen molar-refractivity contribution in [2.24, 2.45) is 0 Å². The molecule has 0 N–H and O–H groups in total. The highest BCUT2D eigenvalue weighted by molar-refractivity contribution is 7.26. The number of para-hydroxylation sites is 1. The summed E-state index contributed by atoms with van der Waals surface area (Å²) in [5.41, 5.74) is 12.1. The zero-order chi connectivity index (χ0) is 38.2. The molecule has 0 unspecified atom stereocenters. The molecule has 0 radical (unpaired) electrons. The van der Waals surface area contributed by atoms with Crippen LogP contribution >= 0.6 is 22.7 Å². The van der Waals surface area contributed by atoms with E-state index in [-0.39, 0.29) is 0 Å². The van der Waals surface area contributed by atoms with Crippen LogP contribution in [-0.4, -0.2) is 0 Å². The lowest BCUT2D eigenvalue weighted by Crippen LogP contribution is -2.11. The van der Waals surface area contributed by atoms with Gasteiger partial charge in [0.15, 0.2) is 0 Å². The van der Waals surface area contributed by atoms with Gasteiger partial charge in [-0.05, 0) is 82.4 Å². The lowest BCUT2D eigenvalue weighted by molar-refractivity contribution is 0.670. The third kappa shape index (κ3) is 5.30. The summed E-state index contributed by atoms with van der Waals surface area (Å²) < 4.78 is 11.9. The smallest absolute Gasteiger partial charge is 0.145 e. The van der Waals surface area contributed by atoms with Gasteiger partial charge in [0.05, 0.1) is 16.8 Å². The maximum Gasteiger partial charge on any atom is 0.145 e. The molecule has 0 bridgehead atoms.